The number of anilines is 1. The third-order valence-corrected chi connectivity index (χ3v) is 4.52. The van der Waals surface area contributed by atoms with Crippen molar-refractivity contribution in [3.8, 4) is 0 Å². The van der Waals surface area contributed by atoms with E-state index in [1.165, 1.54) is 11.8 Å². The molecular weight excluding hydrogens is 294 g/mol. The molecule has 0 saturated heterocycles. The van der Waals surface area contributed by atoms with Crippen molar-refractivity contribution in [2.45, 2.75) is 29.8 Å². The van der Waals surface area contributed by atoms with Gasteiger partial charge in [-0.1, -0.05) is 11.8 Å². The van der Waals surface area contributed by atoms with Crippen molar-refractivity contribution in [1.82, 2.24) is 19.5 Å². The molecular formula is C12H17N5O3S. The van der Waals surface area contributed by atoms with Crippen molar-refractivity contribution in [2.75, 3.05) is 18.6 Å². The number of aromatic nitrogens is 4. The molecule has 4 unspecified atom stereocenters. The number of aliphatic hydroxyl groups excluding tert-OH is 3. The number of nitrogen functional groups attached to an aromatic ring is 1. The molecule has 21 heavy (non-hydrogen) atoms. The summed E-state index contributed by atoms with van der Waals surface area (Å²) < 4.78 is 1.70. The summed E-state index contributed by atoms with van der Waals surface area (Å²) in [6, 6.07) is -0.397. The summed E-state index contributed by atoms with van der Waals surface area (Å²) in [7, 11) is 0. The molecule has 4 atom stereocenters. The average molecular weight is 311 g/mol. The van der Waals surface area contributed by atoms with Gasteiger partial charge in [0, 0.05) is 12.5 Å². The fraction of sp³-hybridized carbons (Fsp3) is 0.583. The third kappa shape index (κ3) is 2.26. The summed E-state index contributed by atoms with van der Waals surface area (Å²) >= 11 is 1.36. The van der Waals surface area contributed by atoms with Crippen molar-refractivity contribution in [2.24, 2.45) is 5.92 Å². The van der Waals surface area contributed by atoms with Crippen LogP contribution in [0.15, 0.2) is 11.5 Å². The Morgan fingerprint density at radius 1 is 1.38 bits per heavy atom. The smallest absolute Gasteiger partial charge is 0.191 e. The number of rotatable bonds is 3. The standard InChI is InChI=1S/C12H17N5O3S/c1-21-12-15-10(13)7-11(16-12)17(4-14-7)6-2-5(3-18)8(19)9(6)20/h4-6,8-9,18-20H,2-3H2,1H3,(H2,13,15,16). The summed E-state index contributed by atoms with van der Waals surface area (Å²) in [5, 5.41) is 29.9. The van der Waals surface area contributed by atoms with E-state index in [0.717, 1.165) is 0 Å². The number of hydrogen-bond donors (Lipinski definition) is 4. The first-order valence-corrected chi connectivity index (χ1v) is 7.80. The third-order valence-electron chi connectivity index (χ3n) is 3.97. The molecule has 2 heterocycles. The average Bonchev–Trinajstić information content (AvgIpc) is 3.02. The van der Waals surface area contributed by atoms with Crippen molar-refractivity contribution in [3.63, 3.8) is 0 Å². The van der Waals surface area contributed by atoms with Crippen molar-refractivity contribution in [1.29, 1.82) is 0 Å². The molecule has 3 rings (SSSR count). The second-order valence-corrected chi connectivity index (χ2v) is 5.92. The summed E-state index contributed by atoms with van der Waals surface area (Å²) in [6.45, 7) is -0.172. The Labute approximate surface area is 125 Å². The van der Waals surface area contributed by atoms with Crippen LogP contribution >= 0.6 is 11.8 Å². The molecule has 1 aliphatic carbocycles. The van der Waals surface area contributed by atoms with Crippen LogP contribution in [0.2, 0.25) is 0 Å². The number of fused-ring (bicyclic) bond motifs is 1. The first kappa shape index (κ1) is 14.5. The van der Waals surface area contributed by atoms with E-state index in [0.29, 0.717) is 22.7 Å². The Balaban J connectivity index is 2.07. The summed E-state index contributed by atoms with van der Waals surface area (Å²) in [6.07, 6.45) is 1.89. The maximum Gasteiger partial charge on any atom is 0.191 e. The molecule has 8 nitrogen and oxygen atoms in total. The molecule has 2 aromatic heterocycles. The molecule has 0 aliphatic heterocycles. The molecule has 0 radical (unpaired) electrons. The molecule has 0 amide bonds. The zero-order valence-electron chi connectivity index (χ0n) is 11.4. The van der Waals surface area contributed by atoms with Gasteiger partial charge < -0.3 is 25.6 Å². The van der Waals surface area contributed by atoms with Crippen molar-refractivity contribution >= 4 is 28.7 Å². The van der Waals surface area contributed by atoms with E-state index in [4.69, 9.17) is 5.73 Å². The minimum absolute atomic E-state index is 0.172. The van der Waals surface area contributed by atoms with Gasteiger partial charge in [0.1, 0.15) is 11.6 Å². The SMILES string of the molecule is CSc1nc(N)c2ncn(C3CC(CO)C(O)C3O)c2n1. The maximum atomic E-state index is 10.2. The minimum Gasteiger partial charge on any atom is -0.396 e. The van der Waals surface area contributed by atoms with Gasteiger partial charge in [-0.2, -0.15) is 0 Å². The maximum absolute atomic E-state index is 10.2. The molecule has 9 heteroatoms. The number of hydrogen-bond acceptors (Lipinski definition) is 8. The molecule has 0 aromatic carbocycles. The lowest BCUT2D eigenvalue weighted by Crippen LogP contribution is -2.30. The van der Waals surface area contributed by atoms with Gasteiger partial charge >= 0.3 is 0 Å². The first-order valence-electron chi connectivity index (χ1n) is 6.57. The highest BCUT2D eigenvalue weighted by Crippen LogP contribution is 2.37. The highest BCUT2D eigenvalue weighted by molar-refractivity contribution is 7.98. The van der Waals surface area contributed by atoms with Gasteiger partial charge in [-0.3, -0.25) is 0 Å². The Morgan fingerprint density at radius 2 is 2.14 bits per heavy atom. The number of imidazole rings is 1. The van der Waals surface area contributed by atoms with Gasteiger partial charge in [-0.05, 0) is 12.7 Å². The van der Waals surface area contributed by atoms with Gasteiger partial charge in [-0.25, -0.2) is 15.0 Å². The van der Waals surface area contributed by atoms with E-state index in [-0.39, 0.29) is 18.3 Å². The van der Waals surface area contributed by atoms with Crippen LogP contribution in [-0.4, -0.2) is 59.9 Å². The molecule has 1 fully saturated rings. The van der Waals surface area contributed by atoms with Gasteiger partial charge in [0.15, 0.2) is 16.6 Å². The normalized spacial score (nSPS) is 29.3. The lowest BCUT2D eigenvalue weighted by molar-refractivity contribution is -0.00371. The minimum atomic E-state index is -0.978. The van der Waals surface area contributed by atoms with Crippen LogP contribution in [0.5, 0.6) is 0 Å². The van der Waals surface area contributed by atoms with Gasteiger partial charge in [0.25, 0.3) is 0 Å². The Hall–Kier alpha value is -1.42. The summed E-state index contributed by atoms with van der Waals surface area (Å²) in [4.78, 5) is 12.7. The van der Waals surface area contributed by atoms with Crippen LogP contribution in [0.4, 0.5) is 5.82 Å². The van der Waals surface area contributed by atoms with Gasteiger partial charge in [0.05, 0.1) is 18.5 Å². The Bertz CT molecular complexity index is 664. The molecule has 2 aromatic rings. The highest BCUT2D eigenvalue weighted by Gasteiger charge is 2.42. The molecule has 0 bridgehead atoms. The fourth-order valence-corrected chi connectivity index (χ4v) is 3.18. The van der Waals surface area contributed by atoms with E-state index < -0.39 is 18.2 Å². The number of aliphatic hydroxyl groups is 3. The van der Waals surface area contributed by atoms with Crippen LogP contribution in [0.25, 0.3) is 11.2 Å². The molecule has 1 saturated carbocycles. The number of nitrogens with zero attached hydrogens (tertiary/aromatic N) is 4. The summed E-state index contributed by atoms with van der Waals surface area (Å²) in [5.41, 5.74) is 6.87. The first-order chi connectivity index (χ1) is 10.1. The van der Waals surface area contributed by atoms with Crippen LogP contribution in [0.3, 0.4) is 0 Å². The van der Waals surface area contributed by atoms with Gasteiger partial charge in [0.2, 0.25) is 0 Å². The predicted octanol–water partition coefficient (Wildman–Crippen LogP) is -0.595. The van der Waals surface area contributed by atoms with E-state index in [2.05, 4.69) is 15.0 Å². The Kier molecular flexibility index (Phi) is 3.74. The molecule has 5 N–H and O–H groups in total. The van der Waals surface area contributed by atoms with Gasteiger partial charge in [-0.15, -0.1) is 0 Å². The monoisotopic (exact) mass is 311 g/mol. The largest absolute Gasteiger partial charge is 0.396 e. The van der Waals surface area contributed by atoms with E-state index in [9.17, 15) is 15.3 Å². The highest BCUT2D eigenvalue weighted by atomic mass is 32.2. The van der Waals surface area contributed by atoms with Crippen molar-refractivity contribution < 1.29 is 15.3 Å². The molecule has 114 valence electrons. The lowest BCUT2D eigenvalue weighted by atomic mass is 10.1. The quantitative estimate of drug-likeness (QED) is 0.437. The number of thioether (sulfide) groups is 1. The van der Waals surface area contributed by atoms with Crippen LogP contribution in [-0.2, 0) is 0 Å². The van der Waals surface area contributed by atoms with Crippen molar-refractivity contribution in [3.05, 3.63) is 6.33 Å². The van der Waals surface area contributed by atoms with Crippen LogP contribution < -0.4 is 5.73 Å². The Morgan fingerprint density at radius 3 is 2.76 bits per heavy atom. The van der Waals surface area contributed by atoms with E-state index in [1.807, 2.05) is 6.26 Å². The zero-order valence-corrected chi connectivity index (χ0v) is 12.2. The van der Waals surface area contributed by atoms with E-state index >= 15 is 0 Å². The van der Waals surface area contributed by atoms with Crippen LogP contribution in [0.1, 0.15) is 12.5 Å². The van der Waals surface area contributed by atoms with Crippen LogP contribution in [0, 0.1) is 5.92 Å². The second kappa shape index (κ2) is 5.41. The summed E-state index contributed by atoms with van der Waals surface area (Å²) in [5.74, 6) is -0.0727. The van der Waals surface area contributed by atoms with E-state index in [1.54, 1.807) is 10.9 Å². The zero-order chi connectivity index (χ0) is 15.1. The lowest BCUT2D eigenvalue weighted by Gasteiger charge is -2.18. The number of nitrogens with two attached hydrogens (primary N) is 1. The topological polar surface area (TPSA) is 130 Å². The fourth-order valence-electron chi connectivity index (χ4n) is 2.81. The molecule has 0 spiro atoms. The predicted molar refractivity (Wildman–Crippen MR) is 77.8 cm³/mol. The molecule has 1 aliphatic rings. The second-order valence-electron chi connectivity index (χ2n) is 5.15.